The van der Waals surface area contributed by atoms with Gasteiger partial charge in [0.05, 0.1) is 22.5 Å². The fraction of sp³-hybridized carbons (Fsp3) is 0.0714. The van der Waals surface area contributed by atoms with Crippen LogP contribution in [0.1, 0.15) is 21.5 Å². The summed E-state index contributed by atoms with van der Waals surface area (Å²) in [6, 6.07) is 12.7. The lowest BCUT2D eigenvalue weighted by molar-refractivity contribution is 0.0952. The van der Waals surface area contributed by atoms with Crippen molar-refractivity contribution >= 4 is 27.3 Å². The van der Waals surface area contributed by atoms with Gasteiger partial charge in [0.1, 0.15) is 5.01 Å². The largest absolute Gasteiger partial charge is 0.461 e. The number of ketones is 1. The Hall–Kier alpha value is -2.45. The van der Waals surface area contributed by atoms with E-state index in [9.17, 15) is 10.1 Å². The molecule has 0 bridgehead atoms. The highest BCUT2D eigenvalue weighted by molar-refractivity contribution is 7.18. The first kappa shape index (κ1) is 11.6. The number of furan rings is 1. The van der Waals surface area contributed by atoms with Gasteiger partial charge in [0.15, 0.2) is 11.7 Å². The molecule has 0 aliphatic carbocycles. The second-order valence-electron chi connectivity index (χ2n) is 3.92. The number of aromatic nitrogens is 1. The van der Waals surface area contributed by atoms with Crippen molar-refractivity contribution in [3.05, 3.63) is 53.4 Å². The van der Waals surface area contributed by atoms with Crippen molar-refractivity contribution in [1.82, 2.24) is 4.98 Å². The van der Waals surface area contributed by atoms with E-state index in [2.05, 4.69) is 4.98 Å². The molecule has 19 heavy (non-hydrogen) atoms. The molecule has 0 saturated carbocycles. The number of nitriles is 1. The van der Waals surface area contributed by atoms with Crippen LogP contribution in [0.25, 0.3) is 10.2 Å². The second-order valence-corrected chi connectivity index (χ2v) is 4.99. The van der Waals surface area contributed by atoms with E-state index in [1.54, 1.807) is 12.1 Å². The number of para-hydroxylation sites is 1. The number of fused-ring (bicyclic) bond motifs is 1. The maximum Gasteiger partial charge on any atom is 0.222 e. The van der Waals surface area contributed by atoms with Crippen LogP contribution in [-0.4, -0.2) is 10.8 Å². The van der Waals surface area contributed by atoms with Crippen molar-refractivity contribution in [2.24, 2.45) is 0 Å². The topological polar surface area (TPSA) is 66.9 Å². The molecule has 3 rings (SSSR count). The Balaban J connectivity index is 2.03. The third kappa shape index (κ3) is 2.02. The highest BCUT2D eigenvalue weighted by Gasteiger charge is 2.27. The summed E-state index contributed by atoms with van der Waals surface area (Å²) in [4.78, 5) is 16.5. The molecule has 1 aromatic carbocycles. The summed E-state index contributed by atoms with van der Waals surface area (Å²) in [6.07, 6.45) is 1.42. The summed E-state index contributed by atoms with van der Waals surface area (Å²) in [5.41, 5.74) is 0.801. The minimum atomic E-state index is -0.913. The molecule has 3 aromatic rings. The van der Waals surface area contributed by atoms with Crippen molar-refractivity contribution in [3.8, 4) is 6.07 Å². The van der Waals surface area contributed by atoms with E-state index in [1.165, 1.54) is 17.6 Å². The summed E-state index contributed by atoms with van der Waals surface area (Å²) in [7, 11) is 0. The zero-order valence-electron chi connectivity index (χ0n) is 9.74. The third-order valence-corrected chi connectivity index (χ3v) is 3.81. The third-order valence-electron chi connectivity index (χ3n) is 2.71. The Morgan fingerprint density at radius 2 is 2.16 bits per heavy atom. The van der Waals surface area contributed by atoms with Gasteiger partial charge in [-0.15, -0.1) is 11.3 Å². The molecule has 2 heterocycles. The predicted molar refractivity (Wildman–Crippen MR) is 71.0 cm³/mol. The van der Waals surface area contributed by atoms with E-state index in [-0.39, 0.29) is 11.5 Å². The van der Waals surface area contributed by atoms with Crippen LogP contribution in [0.2, 0.25) is 0 Å². The first-order valence-electron chi connectivity index (χ1n) is 5.62. The minimum Gasteiger partial charge on any atom is -0.461 e. The Morgan fingerprint density at radius 1 is 1.32 bits per heavy atom. The van der Waals surface area contributed by atoms with Crippen molar-refractivity contribution in [2.75, 3.05) is 0 Å². The zero-order chi connectivity index (χ0) is 13.2. The number of thiazole rings is 1. The maximum absolute atomic E-state index is 12.2. The summed E-state index contributed by atoms with van der Waals surface area (Å²) in [6.45, 7) is 0. The summed E-state index contributed by atoms with van der Waals surface area (Å²) >= 11 is 1.36. The zero-order valence-corrected chi connectivity index (χ0v) is 10.6. The number of rotatable bonds is 3. The molecule has 5 heteroatoms. The number of carbonyl (C=O) groups excluding carboxylic acids is 1. The molecule has 0 radical (unpaired) electrons. The Bertz CT molecular complexity index is 735. The molecular weight excluding hydrogens is 260 g/mol. The summed E-state index contributed by atoms with van der Waals surface area (Å²) < 4.78 is 6.01. The van der Waals surface area contributed by atoms with E-state index in [0.717, 1.165) is 10.2 Å². The molecule has 0 aliphatic heterocycles. The summed E-state index contributed by atoms with van der Waals surface area (Å²) in [5.74, 6) is -1.08. The van der Waals surface area contributed by atoms with Crippen molar-refractivity contribution in [2.45, 2.75) is 5.92 Å². The Morgan fingerprint density at radius 3 is 2.84 bits per heavy atom. The average Bonchev–Trinajstić information content (AvgIpc) is 3.08. The molecule has 0 spiro atoms. The number of hydrogen-bond acceptors (Lipinski definition) is 5. The van der Waals surface area contributed by atoms with E-state index in [1.807, 2.05) is 30.3 Å². The van der Waals surface area contributed by atoms with Gasteiger partial charge in [0.25, 0.3) is 0 Å². The summed E-state index contributed by atoms with van der Waals surface area (Å²) in [5, 5.41) is 9.73. The average molecular weight is 268 g/mol. The van der Waals surface area contributed by atoms with E-state index < -0.39 is 5.92 Å². The highest BCUT2D eigenvalue weighted by atomic mass is 32.1. The van der Waals surface area contributed by atoms with Gasteiger partial charge in [-0.2, -0.15) is 5.26 Å². The molecule has 92 valence electrons. The van der Waals surface area contributed by atoms with Gasteiger partial charge in [-0.3, -0.25) is 4.79 Å². The molecule has 0 aliphatic rings. The lowest BCUT2D eigenvalue weighted by Gasteiger charge is -2.01. The van der Waals surface area contributed by atoms with Crippen LogP contribution in [0.3, 0.4) is 0 Å². The first-order valence-corrected chi connectivity index (χ1v) is 6.44. The Kier molecular flexibility index (Phi) is 2.86. The molecule has 1 atom stereocenters. The molecule has 0 amide bonds. The lowest BCUT2D eigenvalue weighted by Crippen LogP contribution is -2.10. The standard InChI is InChI=1S/C14H8N2O2S/c15-8-9(13(17)11-5-3-7-18-11)14-16-10-4-1-2-6-12(10)19-14/h1-7,9H/t9-/m0/s1. The van der Waals surface area contributed by atoms with Gasteiger partial charge in [-0.1, -0.05) is 12.1 Å². The lowest BCUT2D eigenvalue weighted by atomic mass is 10.1. The van der Waals surface area contributed by atoms with Crippen LogP contribution in [0.4, 0.5) is 0 Å². The number of nitrogens with zero attached hydrogens (tertiary/aromatic N) is 2. The van der Waals surface area contributed by atoms with Crippen LogP contribution < -0.4 is 0 Å². The van der Waals surface area contributed by atoms with Crippen LogP contribution in [0, 0.1) is 11.3 Å². The Labute approximate surface area is 112 Å². The molecule has 2 aromatic heterocycles. The monoisotopic (exact) mass is 268 g/mol. The van der Waals surface area contributed by atoms with E-state index in [4.69, 9.17) is 4.42 Å². The normalized spacial score (nSPS) is 12.2. The molecular formula is C14H8N2O2S. The smallest absolute Gasteiger partial charge is 0.222 e. The highest BCUT2D eigenvalue weighted by Crippen LogP contribution is 2.29. The van der Waals surface area contributed by atoms with Gasteiger partial charge in [0.2, 0.25) is 5.78 Å². The van der Waals surface area contributed by atoms with E-state index >= 15 is 0 Å². The van der Waals surface area contributed by atoms with Gasteiger partial charge in [-0.05, 0) is 24.3 Å². The molecule has 0 saturated heterocycles. The molecule has 4 nitrogen and oxygen atoms in total. The fourth-order valence-electron chi connectivity index (χ4n) is 1.80. The van der Waals surface area contributed by atoms with Gasteiger partial charge < -0.3 is 4.42 Å². The second kappa shape index (κ2) is 4.67. The SMILES string of the molecule is N#C[C@@H](C(=O)c1ccco1)c1nc2ccccc2s1. The molecule has 0 unspecified atom stereocenters. The van der Waals surface area contributed by atoms with Gasteiger partial charge in [-0.25, -0.2) is 4.98 Å². The van der Waals surface area contributed by atoms with Crippen LogP contribution in [0.5, 0.6) is 0 Å². The van der Waals surface area contributed by atoms with E-state index in [0.29, 0.717) is 5.01 Å². The quantitative estimate of drug-likeness (QED) is 0.683. The number of Topliss-reactive ketones (excluding diaryl/α,β-unsaturated/α-hetero) is 1. The van der Waals surface area contributed by atoms with Crippen LogP contribution in [0.15, 0.2) is 47.1 Å². The van der Waals surface area contributed by atoms with Crippen molar-refractivity contribution in [3.63, 3.8) is 0 Å². The number of carbonyl (C=O) groups is 1. The van der Waals surface area contributed by atoms with Crippen molar-refractivity contribution in [1.29, 1.82) is 5.26 Å². The molecule has 0 N–H and O–H groups in total. The number of benzene rings is 1. The first-order chi connectivity index (χ1) is 9.29. The maximum atomic E-state index is 12.2. The fourth-order valence-corrected chi connectivity index (χ4v) is 2.81. The molecule has 0 fully saturated rings. The van der Waals surface area contributed by atoms with Crippen LogP contribution in [-0.2, 0) is 0 Å². The minimum absolute atomic E-state index is 0.186. The van der Waals surface area contributed by atoms with Gasteiger partial charge >= 0.3 is 0 Å². The van der Waals surface area contributed by atoms with Gasteiger partial charge in [0, 0.05) is 0 Å². The number of hydrogen-bond donors (Lipinski definition) is 0. The van der Waals surface area contributed by atoms with Crippen LogP contribution >= 0.6 is 11.3 Å². The van der Waals surface area contributed by atoms with Crippen molar-refractivity contribution < 1.29 is 9.21 Å². The predicted octanol–water partition coefficient (Wildman–Crippen LogP) is 3.38.